The molecule has 1 saturated heterocycles. The molecule has 0 bridgehead atoms. The van der Waals surface area contributed by atoms with Crippen molar-refractivity contribution in [1.29, 1.82) is 0 Å². The van der Waals surface area contributed by atoms with E-state index in [1.54, 1.807) is 20.8 Å². The Morgan fingerprint density at radius 3 is 2.60 bits per heavy atom. The number of nitrogens with zero attached hydrogens (tertiary/aromatic N) is 1. The Bertz CT molecular complexity index is 583. The van der Waals surface area contributed by atoms with Crippen molar-refractivity contribution in [2.75, 3.05) is 13.1 Å². The Balaban J connectivity index is 1.83. The molecule has 2 N–H and O–H groups in total. The smallest absolute Gasteiger partial charge is 0.411 e. The highest BCUT2D eigenvalue weighted by atomic mass is 16.6. The molecule has 2 amide bonds. The predicted molar refractivity (Wildman–Crippen MR) is 95.1 cm³/mol. The van der Waals surface area contributed by atoms with Gasteiger partial charge < -0.3 is 15.2 Å². The summed E-state index contributed by atoms with van der Waals surface area (Å²) in [5.74, 6) is -0.240. The number of rotatable bonds is 5. The molecule has 0 unspecified atom stereocenters. The van der Waals surface area contributed by atoms with E-state index in [0.29, 0.717) is 6.54 Å². The second-order valence-corrected chi connectivity index (χ2v) is 7.42. The summed E-state index contributed by atoms with van der Waals surface area (Å²) in [6, 6.07) is 9.39. The molecule has 1 aliphatic heterocycles. The van der Waals surface area contributed by atoms with Crippen LogP contribution < -0.4 is 5.32 Å². The van der Waals surface area contributed by atoms with E-state index in [1.807, 2.05) is 18.2 Å². The van der Waals surface area contributed by atoms with Gasteiger partial charge in [-0.25, -0.2) is 4.79 Å². The number of nitrogens with one attached hydrogen (secondary N) is 1. The quantitative estimate of drug-likeness (QED) is 0.799. The van der Waals surface area contributed by atoms with Crippen LogP contribution in [0.1, 0.15) is 39.2 Å². The Morgan fingerprint density at radius 2 is 1.96 bits per heavy atom. The first kappa shape index (κ1) is 19.2. The van der Waals surface area contributed by atoms with E-state index in [4.69, 9.17) is 4.74 Å². The molecule has 2 rings (SSSR count). The Labute approximate surface area is 149 Å². The van der Waals surface area contributed by atoms with Crippen LogP contribution in [0, 0.1) is 0 Å². The standard InChI is InChI=1S/C19H28N2O4/c1-19(2,3)25-18(24)21-13-15(22)12-16(21)17(23)20-11-7-10-14-8-5-4-6-9-14/h4-6,8-9,15-16,22H,7,10-13H2,1-3H3,(H,20,23)/t15-,16-/m0/s1. The summed E-state index contributed by atoms with van der Waals surface area (Å²) in [6.45, 7) is 5.97. The van der Waals surface area contributed by atoms with Gasteiger partial charge in [-0.2, -0.15) is 0 Å². The molecular formula is C19H28N2O4. The molecule has 1 aromatic carbocycles. The number of carbonyl (C=O) groups excluding carboxylic acids is 2. The van der Waals surface area contributed by atoms with Crippen molar-refractivity contribution >= 4 is 12.0 Å². The third-order valence-electron chi connectivity index (χ3n) is 3.99. The zero-order chi connectivity index (χ0) is 18.4. The maximum Gasteiger partial charge on any atom is 0.411 e. The largest absolute Gasteiger partial charge is 0.444 e. The van der Waals surface area contributed by atoms with Gasteiger partial charge in [-0.05, 0) is 39.2 Å². The summed E-state index contributed by atoms with van der Waals surface area (Å²) in [4.78, 5) is 26.0. The molecule has 0 saturated carbocycles. The summed E-state index contributed by atoms with van der Waals surface area (Å²) >= 11 is 0. The zero-order valence-electron chi connectivity index (χ0n) is 15.2. The van der Waals surface area contributed by atoms with Crippen LogP contribution in [0.2, 0.25) is 0 Å². The molecule has 0 spiro atoms. The van der Waals surface area contributed by atoms with Crippen molar-refractivity contribution in [3.05, 3.63) is 35.9 Å². The molecule has 25 heavy (non-hydrogen) atoms. The maximum absolute atomic E-state index is 12.4. The topological polar surface area (TPSA) is 78.9 Å². The minimum atomic E-state index is -0.701. The van der Waals surface area contributed by atoms with E-state index < -0.39 is 23.8 Å². The summed E-state index contributed by atoms with van der Waals surface area (Å²) < 4.78 is 5.33. The van der Waals surface area contributed by atoms with Crippen LogP contribution in [0.3, 0.4) is 0 Å². The van der Waals surface area contributed by atoms with Gasteiger partial charge in [-0.1, -0.05) is 30.3 Å². The molecule has 1 fully saturated rings. The number of amides is 2. The van der Waals surface area contributed by atoms with Gasteiger partial charge >= 0.3 is 6.09 Å². The van der Waals surface area contributed by atoms with Gasteiger partial charge in [0.25, 0.3) is 0 Å². The first-order valence-corrected chi connectivity index (χ1v) is 8.75. The Morgan fingerprint density at radius 1 is 1.28 bits per heavy atom. The number of likely N-dealkylation sites (tertiary alicyclic amines) is 1. The lowest BCUT2D eigenvalue weighted by molar-refractivity contribution is -0.125. The molecule has 1 aromatic rings. The summed E-state index contributed by atoms with van der Waals surface area (Å²) in [5.41, 5.74) is 0.588. The van der Waals surface area contributed by atoms with Crippen molar-refractivity contribution in [2.24, 2.45) is 0 Å². The normalized spacial score (nSPS) is 20.4. The lowest BCUT2D eigenvalue weighted by Crippen LogP contribution is -2.47. The number of aryl methyl sites for hydroxylation is 1. The fourth-order valence-corrected chi connectivity index (χ4v) is 2.85. The molecule has 0 aliphatic carbocycles. The van der Waals surface area contributed by atoms with Gasteiger partial charge in [0, 0.05) is 13.0 Å². The molecule has 138 valence electrons. The van der Waals surface area contributed by atoms with Crippen molar-refractivity contribution in [1.82, 2.24) is 10.2 Å². The number of carbonyl (C=O) groups is 2. The lowest BCUT2D eigenvalue weighted by Gasteiger charge is -2.27. The number of β-amino-alcohol motifs (C(OH)–C–C–N with tert-alkyl or cyclic N) is 1. The number of aliphatic hydroxyl groups excluding tert-OH is 1. The highest BCUT2D eigenvalue weighted by molar-refractivity contribution is 5.86. The van der Waals surface area contributed by atoms with Crippen molar-refractivity contribution in [3.63, 3.8) is 0 Å². The zero-order valence-corrected chi connectivity index (χ0v) is 15.2. The average Bonchev–Trinajstić information content (AvgIpc) is 2.93. The van der Waals surface area contributed by atoms with Crippen molar-refractivity contribution in [3.8, 4) is 0 Å². The van der Waals surface area contributed by atoms with Crippen LogP contribution in [-0.2, 0) is 16.0 Å². The fraction of sp³-hybridized carbons (Fsp3) is 0.579. The van der Waals surface area contributed by atoms with E-state index >= 15 is 0 Å². The SMILES string of the molecule is CC(C)(C)OC(=O)N1C[C@@H](O)C[C@H]1C(=O)NCCCc1ccccc1. The summed E-state index contributed by atoms with van der Waals surface area (Å²) in [6.07, 6.45) is 0.673. The van der Waals surface area contributed by atoms with E-state index in [0.717, 1.165) is 12.8 Å². The minimum absolute atomic E-state index is 0.122. The third-order valence-corrected chi connectivity index (χ3v) is 3.99. The molecule has 1 heterocycles. The Hall–Kier alpha value is -2.08. The van der Waals surface area contributed by atoms with E-state index in [1.165, 1.54) is 10.5 Å². The lowest BCUT2D eigenvalue weighted by atomic mass is 10.1. The number of hydrogen-bond acceptors (Lipinski definition) is 4. The molecule has 1 aliphatic rings. The molecule has 6 nitrogen and oxygen atoms in total. The van der Waals surface area contributed by atoms with Crippen LogP contribution in [0.15, 0.2) is 30.3 Å². The van der Waals surface area contributed by atoms with Crippen LogP contribution in [0.25, 0.3) is 0 Å². The second kappa shape index (κ2) is 8.34. The van der Waals surface area contributed by atoms with E-state index in [-0.39, 0.29) is 18.9 Å². The van der Waals surface area contributed by atoms with Gasteiger partial charge in [0.2, 0.25) is 5.91 Å². The average molecular weight is 348 g/mol. The highest BCUT2D eigenvalue weighted by Gasteiger charge is 2.40. The second-order valence-electron chi connectivity index (χ2n) is 7.42. The summed E-state index contributed by atoms with van der Waals surface area (Å²) in [7, 11) is 0. The van der Waals surface area contributed by atoms with Crippen molar-refractivity contribution in [2.45, 2.75) is 57.8 Å². The van der Waals surface area contributed by atoms with Crippen LogP contribution in [-0.4, -0.2) is 52.8 Å². The molecule has 6 heteroatoms. The predicted octanol–water partition coefficient (Wildman–Crippen LogP) is 2.11. The van der Waals surface area contributed by atoms with E-state index in [2.05, 4.69) is 17.4 Å². The van der Waals surface area contributed by atoms with Gasteiger partial charge in [0.05, 0.1) is 12.6 Å². The van der Waals surface area contributed by atoms with Crippen LogP contribution >= 0.6 is 0 Å². The highest BCUT2D eigenvalue weighted by Crippen LogP contribution is 2.21. The van der Waals surface area contributed by atoms with Crippen LogP contribution in [0.4, 0.5) is 4.79 Å². The van der Waals surface area contributed by atoms with Gasteiger partial charge in [-0.15, -0.1) is 0 Å². The Kier molecular flexibility index (Phi) is 6.42. The molecule has 0 aromatic heterocycles. The van der Waals surface area contributed by atoms with Gasteiger partial charge in [0.1, 0.15) is 11.6 Å². The molecular weight excluding hydrogens is 320 g/mol. The monoisotopic (exact) mass is 348 g/mol. The number of hydrogen-bond donors (Lipinski definition) is 2. The first-order chi connectivity index (χ1) is 11.8. The fourth-order valence-electron chi connectivity index (χ4n) is 2.85. The maximum atomic E-state index is 12.4. The minimum Gasteiger partial charge on any atom is -0.444 e. The van der Waals surface area contributed by atoms with Gasteiger partial charge in [-0.3, -0.25) is 9.69 Å². The summed E-state index contributed by atoms with van der Waals surface area (Å²) in [5, 5.41) is 12.7. The third kappa shape index (κ3) is 6.05. The number of ether oxygens (including phenoxy) is 1. The van der Waals surface area contributed by atoms with Crippen molar-refractivity contribution < 1.29 is 19.4 Å². The first-order valence-electron chi connectivity index (χ1n) is 8.75. The van der Waals surface area contributed by atoms with Gasteiger partial charge in [0.15, 0.2) is 0 Å². The van der Waals surface area contributed by atoms with Crippen LogP contribution in [0.5, 0.6) is 0 Å². The number of aliphatic hydroxyl groups is 1. The molecule has 0 radical (unpaired) electrons. The molecule has 2 atom stereocenters. The van der Waals surface area contributed by atoms with E-state index in [9.17, 15) is 14.7 Å². The number of benzene rings is 1.